The Bertz CT molecular complexity index is 480. The smallest absolute Gasteiger partial charge is 0.371 e. The van der Waals surface area contributed by atoms with Crippen LogP contribution >= 0.6 is 0 Å². The molecule has 0 spiro atoms. The summed E-state index contributed by atoms with van der Waals surface area (Å²) >= 11 is 0. The van der Waals surface area contributed by atoms with Crippen molar-refractivity contribution in [3.8, 4) is 0 Å². The van der Waals surface area contributed by atoms with Crippen LogP contribution in [0.15, 0.2) is 18.2 Å². The largest absolute Gasteiger partial charge is 0.418 e. The predicted molar refractivity (Wildman–Crippen MR) is 78.3 cm³/mol. The van der Waals surface area contributed by atoms with E-state index in [2.05, 4.69) is 4.90 Å². The molecule has 1 fully saturated rings. The number of halogens is 3. The van der Waals surface area contributed by atoms with E-state index in [0.29, 0.717) is 5.56 Å². The van der Waals surface area contributed by atoms with Crippen LogP contribution in [0.2, 0.25) is 0 Å². The van der Waals surface area contributed by atoms with Crippen molar-refractivity contribution in [2.45, 2.75) is 31.6 Å². The number of piperidine rings is 1. The number of nitrogens with two attached hydrogens (primary N) is 1. The molecule has 1 heterocycles. The fraction of sp³-hybridized carbons (Fsp3) is 0.600. The van der Waals surface area contributed by atoms with Gasteiger partial charge in [0.1, 0.15) is 0 Å². The number of hydrogen-bond acceptors (Lipinski definition) is 3. The highest BCUT2D eigenvalue weighted by atomic mass is 19.4. The van der Waals surface area contributed by atoms with E-state index in [1.54, 1.807) is 24.1 Å². The second-order valence-corrected chi connectivity index (χ2v) is 5.70. The van der Waals surface area contributed by atoms with Crippen LogP contribution in [0, 0.1) is 0 Å². The molecule has 2 N–H and O–H groups in total. The normalized spacial score (nSPS) is 18.0. The minimum atomic E-state index is -4.36. The first-order chi connectivity index (χ1) is 9.82. The zero-order valence-electron chi connectivity index (χ0n) is 12.5. The Morgan fingerprint density at radius 3 is 2.43 bits per heavy atom. The van der Waals surface area contributed by atoms with E-state index >= 15 is 0 Å². The quantitative estimate of drug-likeness (QED) is 0.931. The van der Waals surface area contributed by atoms with Crippen molar-refractivity contribution >= 4 is 5.69 Å². The van der Waals surface area contributed by atoms with Crippen LogP contribution in [0.25, 0.3) is 0 Å². The number of rotatable bonds is 3. The van der Waals surface area contributed by atoms with Crippen molar-refractivity contribution in [3.05, 3.63) is 29.3 Å². The maximum absolute atomic E-state index is 13.3. The first-order valence-electron chi connectivity index (χ1n) is 7.14. The van der Waals surface area contributed by atoms with E-state index in [9.17, 15) is 13.2 Å². The summed E-state index contributed by atoms with van der Waals surface area (Å²) in [5, 5.41) is 0. The van der Waals surface area contributed by atoms with Gasteiger partial charge in [-0.2, -0.15) is 13.2 Å². The van der Waals surface area contributed by atoms with Gasteiger partial charge in [0.05, 0.1) is 5.56 Å². The van der Waals surface area contributed by atoms with Crippen molar-refractivity contribution in [1.29, 1.82) is 0 Å². The van der Waals surface area contributed by atoms with E-state index in [-0.39, 0.29) is 18.3 Å². The highest BCUT2D eigenvalue weighted by Crippen LogP contribution is 2.38. The third-order valence-corrected chi connectivity index (χ3v) is 4.22. The molecule has 0 radical (unpaired) electrons. The Hall–Kier alpha value is -1.27. The van der Waals surface area contributed by atoms with Gasteiger partial charge in [-0.05, 0) is 50.7 Å². The molecule has 1 aromatic carbocycles. The Morgan fingerprint density at radius 2 is 1.90 bits per heavy atom. The standard InChI is InChI=1S/C15H22F3N3/c1-20-7-5-12(6-8-20)21(2)14-4-3-11(10-19)9-13(14)15(16,17)18/h3-4,9,12H,5-8,10,19H2,1-2H3. The van der Waals surface area contributed by atoms with Crippen LogP contribution in [-0.2, 0) is 12.7 Å². The second-order valence-electron chi connectivity index (χ2n) is 5.70. The third-order valence-electron chi connectivity index (χ3n) is 4.22. The van der Waals surface area contributed by atoms with E-state index in [4.69, 9.17) is 5.73 Å². The Kier molecular flexibility index (Phi) is 4.78. The van der Waals surface area contributed by atoms with Crippen LogP contribution in [0.5, 0.6) is 0 Å². The molecule has 118 valence electrons. The van der Waals surface area contributed by atoms with Crippen molar-refractivity contribution in [3.63, 3.8) is 0 Å². The molecular weight excluding hydrogens is 279 g/mol. The van der Waals surface area contributed by atoms with Gasteiger partial charge in [-0.15, -0.1) is 0 Å². The zero-order valence-corrected chi connectivity index (χ0v) is 12.5. The Morgan fingerprint density at radius 1 is 1.29 bits per heavy atom. The molecule has 0 atom stereocenters. The Labute approximate surface area is 123 Å². The van der Waals surface area contributed by atoms with Gasteiger partial charge in [-0.25, -0.2) is 0 Å². The first-order valence-corrected chi connectivity index (χ1v) is 7.14. The topological polar surface area (TPSA) is 32.5 Å². The lowest BCUT2D eigenvalue weighted by molar-refractivity contribution is -0.137. The molecule has 1 aromatic rings. The van der Waals surface area contributed by atoms with Gasteiger partial charge in [-0.1, -0.05) is 6.07 Å². The fourth-order valence-corrected chi connectivity index (χ4v) is 2.82. The van der Waals surface area contributed by atoms with Crippen LogP contribution in [-0.4, -0.2) is 38.1 Å². The summed E-state index contributed by atoms with van der Waals surface area (Å²) < 4.78 is 39.8. The number of nitrogens with zero attached hydrogens (tertiary/aromatic N) is 2. The van der Waals surface area contributed by atoms with E-state index in [0.717, 1.165) is 25.9 Å². The summed E-state index contributed by atoms with van der Waals surface area (Å²) in [5.74, 6) is 0. The molecule has 0 unspecified atom stereocenters. The lowest BCUT2D eigenvalue weighted by atomic mass is 10.0. The van der Waals surface area contributed by atoms with E-state index in [1.807, 2.05) is 7.05 Å². The van der Waals surface area contributed by atoms with Crippen molar-refractivity contribution in [2.24, 2.45) is 5.73 Å². The average Bonchev–Trinajstić information content (AvgIpc) is 2.46. The zero-order chi connectivity index (χ0) is 15.6. The number of benzene rings is 1. The minimum Gasteiger partial charge on any atom is -0.371 e. The molecule has 2 rings (SSSR count). The van der Waals surface area contributed by atoms with Gasteiger partial charge in [0.25, 0.3) is 0 Å². The van der Waals surface area contributed by atoms with Gasteiger partial charge >= 0.3 is 6.18 Å². The lowest BCUT2D eigenvalue weighted by Gasteiger charge is -2.37. The van der Waals surface area contributed by atoms with Crippen LogP contribution in [0.3, 0.4) is 0 Å². The Balaban J connectivity index is 2.29. The monoisotopic (exact) mass is 301 g/mol. The van der Waals surface area contributed by atoms with Crippen molar-refractivity contribution < 1.29 is 13.2 Å². The molecule has 6 heteroatoms. The van der Waals surface area contributed by atoms with Gasteiger partial charge in [0.2, 0.25) is 0 Å². The van der Waals surface area contributed by atoms with E-state index in [1.165, 1.54) is 6.07 Å². The molecule has 0 amide bonds. The number of anilines is 1. The summed E-state index contributed by atoms with van der Waals surface area (Å²) in [6.45, 7) is 1.94. The molecule has 0 aliphatic carbocycles. The van der Waals surface area contributed by atoms with Gasteiger partial charge in [-0.3, -0.25) is 0 Å². The van der Waals surface area contributed by atoms with Crippen molar-refractivity contribution in [2.75, 3.05) is 32.1 Å². The average molecular weight is 301 g/mol. The molecular formula is C15H22F3N3. The number of hydrogen-bond donors (Lipinski definition) is 1. The summed E-state index contributed by atoms with van der Waals surface area (Å²) in [6.07, 6.45) is -2.61. The van der Waals surface area contributed by atoms with Crippen LogP contribution < -0.4 is 10.6 Å². The first kappa shape index (κ1) is 16.1. The molecule has 21 heavy (non-hydrogen) atoms. The minimum absolute atomic E-state index is 0.112. The maximum atomic E-state index is 13.3. The molecule has 1 aliphatic heterocycles. The maximum Gasteiger partial charge on any atom is 0.418 e. The molecule has 0 saturated carbocycles. The number of likely N-dealkylation sites (tertiary alicyclic amines) is 1. The SMILES string of the molecule is CN1CCC(N(C)c2ccc(CN)cc2C(F)(F)F)CC1. The highest BCUT2D eigenvalue weighted by molar-refractivity contribution is 5.56. The molecule has 0 aromatic heterocycles. The van der Waals surface area contributed by atoms with Crippen LogP contribution in [0.1, 0.15) is 24.0 Å². The fourth-order valence-electron chi connectivity index (χ4n) is 2.82. The third kappa shape index (κ3) is 3.68. The summed E-state index contributed by atoms with van der Waals surface area (Å²) in [4.78, 5) is 3.97. The van der Waals surface area contributed by atoms with Gasteiger partial charge in [0, 0.05) is 25.3 Å². The summed E-state index contributed by atoms with van der Waals surface area (Å²) in [6, 6.07) is 4.53. The molecule has 3 nitrogen and oxygen atoms in total. The highest BCUT2D eigenvalue weighted by Gasteiger charge is 2.36. The second kappa shape index (κ2) is 6.23. The molecule has 1 saturated heterocycles. The lowest BCUT2D eigenvalue weighted by Crippen LogP contribution is -2.42. The summed E-state index contributed by atoms with van der Waals surface area (Å²) in [7, 11) is 3.79. The van der Waals surface area contributed by atoms with Gasteiger partial charge < -0.3 is 15.5 Å². The molecule has 1 aliphatic rings. The van der Waals surface area contributed by atoms with Gasteiger partial charge in [0.15, 0.2) is 0 Å². The summed E-state index contributed by atoms with van der Waals surface area (Å²) in [5.41, 5.74) is 5.62. The number of alkyl halides is 3. The van der Waals surface area contributed by atoms with E-state index < -0.39 is 11.7 Å². The predicted octanol–water partition coefficient (Wildman–Crippen LogP) is 2.69. The van der Waals surface area contributed by atoms with Crippen LogP contribution in [0.4, 0.5) is 18.9 Å². The molecule has 0 bridgehead atoms. The van der Waals surface area contributed by atoms with Crippen molar-refractivity contribution in [1.82, 2.24) is 4.90 Å².